The van der Waals surface area contributed by atoms with Crippen LogP contribution < -0.4 is 0 Å². The lowest BCUT2D eigenvalue weighted by atomic mass is 10.2. The van der Waals surface area contributed by atoms with E-state index in [2.05, 4.69) is 10.3 Å². The van der Waals surface area contributed by atoms with Gasteiger partial charge in [0.25, 0.3) is 0 Å². The van der Waals surface area contributed by atoms with Crippen LogP contribution in [-0.2, 0) is 11.3 Å². The van der Waals surface area contributed by atoms with Gasteiger partial charge in [0.2, 0.25) is 0 Å². The number of nitrogens with zero attached hydrogens (tertiary/aromatic N) is 3. The second-order valence-corrected chi connectivity index (χ2v) is 5.29. The van der Waals surface area contributed by atoms with E-state index in [-0.39, 0.29) is 5.69 Å². The van der Waals surface area contributed by atoms with E-state index in [9.17, 15) is 9.90 Å². The number of aliphatic hydroxyl groups excluding tert-OH is 1. The summed E-state index contributed by atoms with van der Waals surface area (Å²) in [5.74, 6) is -0.473. The van der Waals surface area contributed by atoms with Gasteiger partial charge in [-0.15, -0.1) is 16.4 Å². The molecule has 0 aliphatic heterocycles. The van der Waals surface area contributed by atoms with Crippen LogP contribution in [-0.4, -0.2) is 38.8 Å². The number of hydrogen-bond acceptors (Lipinski definition) is 6. The molecule has 108 valence electrons. The minimum Gasteiger partial charge on any atom is -0.461 e. The molecule has 1 N–H and O–H groups in total. The van der Waals surface area contributed by atoms with Gasteiger partial charge < -0.3 is 9.84 Å². The molecule has 2 aromatic heterocycles. The average molecular weight is 295 g/mol. The zero-order valence-corrected chi connectivity index (χ0v) is 12.3. The van der Waals surface area contributed by atoms with Gasteiger partial charge in [-0.25, -0.2) is 9.48 Å². The molecule has 0 radical (unpaired) electrons. The Bertz CT molecular complexity index is 563. The molecule has 0 saturated heterocycles. The highest BCUT2D eigenvalue weighted by Gasteiger charge is 2.22. The third kappa shape index (κ3) is 3.23. The molecule has 6 nitrogen and oxygen atoms in total. The molecule has 0 spiro atoms. The number of aromatic nitrogens is 3. The Labute approximate surface area is 121 Å². The largest absolute Gasteiger partial charge is 0.461 e. The monoisotopic (exact) mass is 295 g/mol. The number of aryl methyl sites for hydroxylation is 1. The van der Waals surface area contributed by atoms with Gasteiger partial charge >= 0.3 is 5.97 Å². The van der Waals surface area contributed by atoms with Crippen LogP contribution in [0, 0.1) is 0 Å². The summed E-state index contributed by atoms with van der Waals surface area (Å²) in [5, 5.41) is 19.3. The van der Waals surface area contributed by atoms with E-state index in [1.807, 2.05) is 17.5 Å². The summed E-state index contributed by atoms with van der Waals surface area (Å²) in [4.78, 5) is 12.8. The Morgan fingerprint density at radius 2 is 2.40 bits per heavy atom. The van der Waals surface area contributed by atoms with Crippen molar-refractivity contribution in [2.75, 3.05) is 6.61 Å². The number of thiophene rings is 1. The van der Waals surface area contributed by atoms with Gasteiger partial charge in [-0.2, -0.15) is 0 Å². The lowest BCUT2D eigenvalue weighted by Crippen LogP contribution is -2.10. The van der Waals surface area contributed by atoms with Gasteiger partial charge in [-0.3, -0.25) is 0 Å². The lowest BCUT2D eigenvalue weighted by Gasteiger charge is -2.07. The first-order valence-electron chi connectivity index (χ1n) is 6.46. The van der Waals surface area contributed by atoms with Crippen molar-refractivity contribution in [2.45, 2.75) is 32.9 Å². The molecule has 1 atom stereocenters. The molecule has 0 amide bonds. The van der Waals surface area contributed by atoms with Crippen LogP contribution in [0.1, 0.15) is 30.8 Å². The SMILES string of the molecule is CCOC(=O)c1nnn(CCC(C)O)c1-c1cccs1. The first kappa shape index (κ1) is 14.7. The summed E-state index contributed by atoms with van der Waals surface area (Å²) in [7, 11) is 0. The van der Waals surface area contributed by atoms with Crippen LogP contribution in [0.2, 0.25) is 0 Å². The Morgan fingerprint density at radius 1 is 1.60 bits per heavy atom. The zero-order chi connectivity index (χ0) is 14.5. The summed E-state index contributed by atoms with van der Waals surface area (Å²) in [6.45, 7) is 4.26. The molecule has 0 saturated carbocycles. The van der Waals surface area contributed by atoms with E-state index in [1.165, 1.54) is 11.3 Å². The summed E-state index contributed by atoms with van der Waals surface area (Å²) in [6.07, 6.45) is 0.116. The quantitative estimate of drug-likeness (QED) is 0.824. The predicted molar refractivity (Wildman–Crippen MR) is 75.6 cm³/mol. The smallest absolute Gasteiger partial charge is 0.361 e. The minimum absolute atomic E-state index is 0.222. The molecule has 2 heterocycles. The maximum absolute atomic E-state index is 11.9. The molecule has 20 heavy (non-hydrogen) atoms. The molecule has 2 aromatic rings. The van der Waals surface area contributed by atoms with Gasteiger partial charge in [0.15, 0.2) is 5.69 Å². The Morgan fingerprint density at radius 3 is 3.00 bits per heavy atom. The van der Waals surface area contributed by atoms with E-state index in [1.54, 1.807) is 18.5 Å². The standard InChI is InChI=1S/C13H17N3O3S/c1-3-19-13(18)11-12(10-5-4-8-20-10)16(15-14-11)7-6-9(2)17/h4-5,8-9,17H,3,6-7H2,1-2H3. The molecule has 0 fully saturated rings. The van der Waals surface area contributed by atoms with Gasteiger partial charge in [0, 0.05) is 6.54 Å². The Kier molecular flexibility index (Phi) is 4.86. The topological polar surface area (TPSA) is 77.2 Å². The molecule has 0 aliphatic rings. The third-order valence-electron chi connectivity index (χ3n) is 2.72. The van der Waals surface area contributed by atoms with E-state index < -0.39 is 12.1 Å². The van der Waals surface area contributed by atoms with Crippen molar-refractivity contribution in [1.29, 1.82) is 0 Å². The highest BCUT2D eigenvalue weighted by molar-refractivity contribution is 7.13. The fourth-order valence-electron chi connectivity index (χ4n) is 1.77. The molecule has 1 unspecified atom stereocenters. The molecule has 7 heteroatoms. The normalized spacial score (nSPS) is 12.3. The first-order valence-corrected chi connectivity index (χ1v) is 7.34. The van der Waals surface area contributed by atoms with Gasteiger partial charge in [-0.1, -0.05) is 11.3 Å². The zero-order valence-electron chi connectivity index (χ0n) is 11.4. The van der Waals surface area contributed by atoms with Crippen molar-refractivity contribution in [3.05, 3.63) is 23.2 Å². The van der Waals surface area contributed by atoms with Crippen LogP contribution >= 0.6 is 11.3 Å². The molecular formula is C13H17N3O3S. The van der Waals surface area contributed by atoms with Crippen molar-refractivity contribution < 1.29 is 14.6 Å². The van der Waals surface area contributed by atoms with Crippen LogP contribution in [0.15, 0.2) is 17.5 Å². The van der Waals surface area contributed by atoms with Crippen molar-refractivity contribution in [3.63, 3.8) is 0 Å². The van der Waals surface area contributed by atoms with Crippen LogP contribution in [0.4, 0.5) is 0 Å². The van der Waals surface area contributed by atoms with Crippen LogP contribution in [0.3, 0.4) is 0 Å². The van der Waals surface area contributed by atoms with Crippen molar-refractivity contribution >= 4 is 17.3 Å². The fourth-order valence-corrected chi connectivity index (χ4v) is 2.55. The maximum atomic E-state index is 11.9. The highest BCUT2D eigenvalue weighted by atomic mass is 32.1. The predicted octanol–water partition coefficient (Wildman–Crippen LogP) is 1.95. The van der Waals surface area contributed by atoms with Crippen LogP contribution in [0.5, 0.6) is 0 Å². The van der Waals surface area contributed by atoms with E-state index in [4.69, 9.17) is 4.74 Å². The van der Waals surface area contributed by atoms with Crippen LogP contribution in [0.25, 0.3) is 10.6 Å². The lowest BCUT2D eigenvalue weighted by molar-refractivity contribution is 0.0520. The Balaban J connectivity index is 2.35. The fraction of sp³-hybridized carbons (Fsp3) is 0.462. The Hall–Kier alpha value is -1.73. The van der Waals surface area contributed by atoms with Gasteiger partial charge in [0.05, 0.1) is 17.6 Å². The van der Waals surface area contributed by atoms with E-state index in [0.29, 0.717) is 25.3 Å². The summed E-state index contributed by atoms with van der Waals surface area (Å²) in [5.41, 5.74) is 0.874. The van der Waals surface area contributed by atoms with Gasteiger partial charge in [0.1, 0.15) is 5.69 Å². The molecule has 0 bridgehead atoms. The maximum Gasteiger partial charge on any atom is 0.361 e. The molecular weight excluding hydrogens is 278 g/mol. The number of ether oxygens (including phenoxy) is 1. The van der Waals surface area contributed by atoms with Gasteiger partial charge in [-0.05, 0) is 31.7 Å². The summed E-state index contributed by atoms with van der Waals surface area (Å²) < 4.78 is 6.65. The number of aliphatic hydroxyl groups is 1. The van der Waals surface area contributed by atoms with Crippen molar-refractivity contribution in [1.82, 2.24) is 15.0 Å². The number of carbonyl (C=O) groups excluding carboxylic acids is 1. The first-order chi connectivity index (χ1) is 9.63. The third-order valence-corrected chi connectivity index (χ3v) is 3.59. The number of hydrogen-bond donors (Lipinski definition) is 1. The number of esters is 1. The second kappa shape index (κ2) is 6.62. The average Bonchev–Trinajstić information content (AvgIpc) is 3.05. The molecule has 0 aromatic carbocycles. The highest BCUT2D eigenvalue weighted by Crippen LogP contribution is 2.27. The number of carbonyl (C=O) groups is 1. The van der Waals surface area contributed by atoms with E-state index in [0.717, 1.165) is 4.88 Å². The van der Waals surface area contributed by atoms with E-state index >= 15 is 0 Å². The van der Waals surface area contributed by atoms with Crippen molar-refractivity contribution in [2.24, 2.45) is 0 Å². The molecule has 0 aliphatic carbocycles. The second-order valence-electron chi connectivity index (χ2n) is 4.35. The van der Waals surface area contributed by atoms with Crippen molar-refractivity contribution in [3.8, 4) is 10.6 Å². The summed E-state index contributed by atoms with van der Waals surface area (Å²) >= 11 is 1.51. The minimum atomic E-state index is -0.473. The number of rotatable bonds is 6. The summed E-state index contributed by atoms with van der Waals surface area (Å²) in [6, 6.07) is 3.81. The molecule has 2 rings (SSSR count).